The minimum atomic E-state index is 0.527. The molecule has 0 heteroatoms. The molecule has 0 aromatic heterocycles. The van der Waals surface area contributed by atoms with E-state index in [4.69, 9.17) is 0 Å². The summed E-state index contributed by atoms with van der Waals surface area (Å²) in [6, 6.07) is 0. The summed E-state index contributed by atoms with van der Waals surface area (Å²) in [6.07, 6.45) is 5.01. The molecule has 0 saturated heterocycles. The smallest absolute Gasteiger partial charge is 0.00915 e. The fourth-order valence-corrected chi connectivity index (χ4v) is 3.17. The Morgan fingerprint density at radius 1 is 0.923 bits per heavy atom. The third kappa shape index (κ3) is 1.75. The average molecular weight is 176 g/mol. The third-order valence-corrected chi connectivity index (χ3v) is 3.66. The Morgan fingerprint density at radius 3 is 1.77 bits per heavy atom. The summed E-state index contributed by atoms with van der Waals surface area (Å²) in [4.78, 5) is 0. The Kier molecular flexibility index (Phi) is 2.14. The van der Waals surface area contributed by atoms with Crippen LogP contribution < -0.4 is 0 Å². The largest absolute Gasteiger partial charge is 0.103 e. The second-order valence-corrected chi connectivity index (χ2v) is 5.65. The van der Waals surface area contributed by atoms with Gasteiger partial charge in [0.1, 0.15) is 0 Å². The van der Waals surface area contributed by atoms with E-state index in [9.17, 15) is 0 Å². The topological polar surface area (TPSA) is 0 Å². The van der Waals surface area contributed by atoms with E-state index in [1.165, 1.54) is 12.8 Å². The van der Waals surface area contributed by atoms with Gasteiger partial charge in [0.15, 0.2) is 0 Å². The maximum Gasteiger partial charge on any atom is 0.00915 e. The SMILES string of the molecule is CC(C)(C)C1C2CCC#CCCC21. The van der Waals surface area contributed by atoms with E-state index in [-0.39, 0.29) is 0 Å². The van der Waals surface area contributed by atoms with E-state index >= 15 is 0 Å². The monoisotopic (exact) mass is 176 g/mol. The van der Waals surface area contributed by atoms with Crippen molar-refractivity contribution in [1.82, 2.24) is 0 Å². The zero-order valence-electron chi connectivity index (χ0n) is 9.06. The van der Waals surface area contributed by atoms with Crippen LogP contribution in [0.2, 0.25) is 0 Å². The fourth-order valence-electron chi connectivity index (χ4n) is 3.17. The molecule has 2 atom stereocenters. The lowest BCUT2D eigenvalue weighted by Crippen LogP contribution is -2.10. The van der Waals surface area contributed by atoms with Gasteiger partial charge in [0.2, 0.25) is 0 Å². The maximum atomic E-state index is 3.27. The van der Waals surface area contributed by atoms with Crippen LogP contribution in [0.25, 0.3) is 0 Å². The van der Waals surface area contributed by atoms with E-state index in [2.05, 4.69) is 32.6 Å². The number of rotatable bonds is 0. The van der Waals surface area contributed by atoms with Gasteiger partial charge in [-0.1, -0.05) is 20.8 Å². The summed E-state index contributed by atoms with van der Waals surface area (Å²) in [5, 5.41) is 0. The average Bonchev–Trinajstić information content (AvgIpc) is 2.59. The van der Waals surface area contributed by atoms with Crippen LogP contribution in [0.1, 0.15) is 46.5 Å². The van der Waals surface area contributed by atoms with Crippen LogP contribution in [0.15, 0.2) is 0 Å². The van der Waals surface area contributed by atoms with Gasteiger partial charge in [0.25, 0.3) is 0 Å². The summed E-state index contributed by atoms with van der Waals surface area (Å²) < 4.78 is 0. The van der Waals surface area contributed by atoms with E-state index in [1.54, 1.807) is 0 Å². The summed E-state index contributed by atoms with van der Waals surface area (Å²) in [5.41, 5.74) is 0.527. The molecule has 13 heavy (non-hydrogen) atoms. The second-order valence-electron chi connectivity index (χ2n) is 5.65. The second kappa shape index (κ2) is 3.05. The maximum absolute atomic E-state index is 3.27. The van der Waals surface area contributed by atoms with Crippen molar-refractivity contribution in [3.63, 3.8) is 0 Å². The molecule has 0 aliphatic heterocycles. The molecule has 2 rings (SSSR count). The molecule has 0 aromatic rings. The van der Waals surface area contributed by atoms with Crippen LogP contribution in [0.3, 0.4) is 0 Å². The Bertz CT molecular complexity index is 227. The predicted octanol–water partition coefficient (Wildman–Crippen LogP) is 3.47. The molecule has 0 heterocycles. The molecular formula is C13H20. The van der Waals surface area contributed by atoms with Crippen molar-refractivity contribution in [2.45, 2.75) is 46.5 Å². The quantitative estimate of drug-likeness (QED) is 0.496. The predicted molar refractivity (Wildman–Crippen MR) is 56.2 cm³/mol. The van der Waals surface area contributed by atoms with E-state index in [0.717, 1.165) is 30.6 Å². The van der Waals surface area contributed by atoms with Crippen LogP contribution in [0.5, 0.6) is 0 Å². The van der Waals surface area contributed by atoms with Crippen LogP contribution in [0.4, 0.5) is 0 Å². The van der Waals surface area contributed by atoms with Gasteiger partial charge in [-0.15, -0.1) is 11.8 Å². The van der Waals surface area contributed by atoms with Gasteiger partial charge in [-0.05, 0) is 36.0 Å². The van der Waals surface area contributed by atoms with E-state index < -0.39 is 0 Å². The molecule has 1 fully saturated rings. The first-order valence-electron chi connectivity index (χ1n) is 5.56. The molecule has 0 nitrogen and oxygen atoms in total. The molecule has 2 aliphatic rings. The van der Waals surface area contributed by atoms with Crippen molar-refractivity contribution in [1.29, 1.82) is 0 Å². The van der Waals surface area contributed by atoms with E-state index in [1.807, 2.05) is 0 Å². The molecule has 72 valence electrons. The molecule has 0 radical (unpaired) electrons. The van der Waals surface area contributed by atoms with Crippen molar-refractivity contribution in [2.75, 3.05) is 0 Å². The van der Waals surface area contributed by atoms with Crippen molar-refractivity contribution in [2.24, 2.45) is 23.2 Å². The van der Waals surface area contributed by atoms with Crippen LogP contribution >= 0.6 is 0 Å². The van der Waals surface area contributed by atoms with Gasteiger partial charge in [-0.2, -0.15) is 0 Å². The molecule has 0 bridgehead atoms. The van der Waals surface area contributed by atoms with Gasteiger partial charge in [-0.3, -0.25) is 0 Å². The zero-order chi connectivity index (χ0) is 9.47. The Balaban J connectivity index is 2.00. The van der Waals surface area contributed by atoms with Gasteiger partial charge in [-0.25, -0.2) is 0 Å². The lowest BCUT2D eigenvalue weighted by atomic mass is 9.87. The normalized spacial score (nSPS) is 37.9. The fraction of sp³-hybridized carbons (Fsp3) is 0.846. The van der Waals surface area contributed by atoms with Gasteiger partial charge in [0.05, 0.1) is 0 Å². The molecule has 2 aliphatic carbocycles. The van der Waals surface area contributed by atoms with Crippen LogP contribution in [-0.4, -0.2) is 0 Å². The lowest BCUT2D eigenvalue weighted by Gasteiger charge is -2.18. The molecule has 0 N–H and O–H groups in total. The van der Waals surface area contributed by atoms with Gasteiger partial charge >= 0.3 is 0 Å². The van der Waals surface area contributed by atoms with Crippen molar-refractivity contribution in [3.05, 3.63) is 0 Å². The van der Waals surface area contributed by atoms with E-state index in [0.29, 0.717) is 5.41 Å². The third-order valence-electron chi connectivity index (χ3n) is 3.66. The van der Waals surface area contributed by atoms with Crippen molar-refractivity contribution >= 4 is 0 Å². The lowest BCUT2D eigenvalue weighted by molar-refractivity contribution is 0.313. The van der Waals surface area contributed by atoms with Gasteiger partial charge < -0.3 is 0 Å². The highest BCUT2D eigenvalue weighted by Gasteiger charge is 2.53. The summed E-state index contributed by atoms with van der Waals surface area (Å²) in [6.45, 7) is 7.18. The summed E-state index contributed by atoms with van der Waals surface area (Å²) >= 11 is 0. The molecule has 0 aromatic carbocycles. The first kappa shape index (κ1) is 9.13. The molecule has 0 amide bonds. The zero-order valence-corrected chi connectivity index (χ0v) is 9.06. The highest BCUT2D eigenvalue weighted by atomic mass is 14.6. The Hall–Kier alpha value is -0.440. The molecule has 2 unspecified atom stereocenters. The first-order valence-corrected chi connectivity index (χ1v) is 5.56. The van der Waals surface area contributed by atoms with Gasteiger partial charge in [0, 0.05) is 12.8 Å². The highest BCUT2D eigenvalue weighted by Crippen LogP contribution is 2.60. The van der Waals surface area contributed by atoms with Crippen LogP contribution in [-0.2, 0) is 0 Å². The number of hydrogen-bond acceptors (Lipinski definition) is 0. The highest BCUT2D eigenvalue weighted by molar-refractivity contribution is 5.09. The minimum absolute atomic E-state index is 0.527. The first-order chi connectivity index (χ1) is 6.11. The number of fused-ring (bicyclic) bond motifs is 1. The molecule has 0 spiro atoms. The summed E-state index contributed by atoms with van der Waals surface area (Å²) in [5.74, 6) is 9.53. The Morgan fingerprint density at radius 2 is 1.38 bits per heavy atom. The molecular weight excluding hydrogens is 156 g/mol. The Labute approximate surface area is 82.1 Å². The number of hydrogen-bond donors (Lipinski definition) is 0. The molecule has 1 saturated carbocycles. The van der Waals surface area contributed by atoms with Crippen molar-refractivity contribution in [3.8, 4) is 11.8 Å². The van der Waals surface area contributed by atoms with Crippen molar-refractivity contribution < 1.29 is 0 Å². The minimum Gasteiger partial charge on any atom is -0.103 e. The summed E-state index contributed by atoms with van der Waals surface area (Å²) in [7, 11) is 0. The standard InChI is InChI=1S/C13H20/c1-13(2,3)12-10-8-6-4-5-7-9-11(10)12/h10-12H,6-9H2,1-3H3. The van der Waals surface area contributed by atoms with Crippen LogP contribution in [0, 0.1) is 35.0 Å².